The molecule has 0 spiro atoms. The third-order valence-electron chi connectivity index (χ3n) is 4.13. The number of imide groups is 2. The van der Waals surface area contributed by atoms with Gasteiger partial charge < -0.3 is 4.90 Å². The van der Waals surface area contributed by atoms with Gasteiger partial charge in [-0.05, 0) is 12.1 Å². The summed E-state index contributed by atoms with van der Waals surface area (Å²) in [4.78, 5) is 46.4. The average molecular weight is 329 g/mol. The summed E-state index contributed by atoms with van der Waals surface area (Å²) in [5.74, 6) is -0.640. The van der Waals surface area contributed by atoms with Crippen LogP contribution >= 0.6 is 0 Å². The summed E-state index contributed by atoms with van der Waals surface area (Å²) < 4.78 is 0. The molecule has 0 bridgehead atoms. The van der Waals surface area contributed by atoms with Gasteiger partial charge in [0.1, 0.15) is 5.82 Å². The quantitative estimate of drug-likeness (QED) is 0.434. The van der Waals surface area contributed by atoms with Crippen LogP contribution in [-0.2, 0) is 9.59 Å². The Morgan fingerprint density at radius 1 is 1.04 bits per heavy atom. The molecule has 0 N–H and O–H groups in total. The molecule has 0 aliphatic carbocycles. The molecule has 0 radical (unpaired) electrons. The first-order valence-electron chi connectivity index (χ1n) is 7.78. The van der Waals surface area contributed by atoms with Crippen LogP contribution in [0.15, 0.2) is 37.1 Å². The van der Waals surface area contributed by atoms with E-state index in [0.29, 0.717) is 13.1 Å². The molecular weight excluding hydrogens is 310 g/mol. The highest BCUT2D eigenvalue weighted by Crippen LogP contribution is 2.16. The van der Waals surface area contributed by atoms with E-state index in [-0.39, 0.29) is 13.2 Å². The Labute approximate surface area is 139 Å². The maximum atomic E-state index is 12.2. The molecule has 4 amide bonds. The van der Waals surface area contributed by atoms with Crippen LogP contribution in [0.1, 0.15) is 0 Å². The Morgan fingerprint density at radius 3 is 2.38 bits per heavy atom. The number of piperazine rings is 1. The van der Waals surface area contributed by atoms with Crippen molar-refractivity contribution in [3.05, 3.63) is 37.1 Å². The fourth-order valence-electron chi connectivity index (χ4n) is 2.82. The van der Waals surface area contributed by atoms with Crippen molar-refractivity contribution in [1.82, 2.24) is 19.7 Å². The summed E-state index contributed by atoms with van der Waals surface area (Å²) >= 11 is 0. The van der Waals surface area contributed by atoms with Crippen molar-refractivity contribution in [3.8, 4) is 0 Å². The Kier molecular flexibility index (Phi) is 4.57. The standard InChI is InChI=1S/C16H19N5O3/c1-2-7-20-14(22)15(23)21(16(20)24)12-18-8-10-19(11-9-18)13-5-3-4-6-17-13/h2-6H,1,7-12H2. The van der Waals surface area contributed by atoms with Crippen molar-refractivity contribution in [2.24, 2.45) is 0 Å². The largest absolute Gasteiger partial charge is 0.354 e. The number of nitrogens with zero attached hydrogens (tertiary/aromatic N) is 5. The second kappa shape index (κ2) is 6.79. The lowest BCUT2D eigenvalue weighted by atomic mass is 10.3. The van der Waals surface area contributed by atoms with Crippen LogP contribution in [0.25, 0.3) is 0 Å². The number of rotatable bonds is 5. The lowest BCUT2D eigenvalue weighted by Crippen LogP contribution is -2.51. The van der Waals surface area contributed by atoms with Crippen LogP contribution in [-0.4, -0.2) is 76.9 Å². The van der Waals surface area contributed by atoms with E-state index in [9.17, 15) is 14.4 Å². The van der Waals surface area contributed by atoms with Gasteiger partial charge in [-0.15, -0.1) is 6.58 Å². The molecule has 126 valence electrons. The molecule has 3 heterocycles. The molecule has 0 saturated carbocycles. The Morgan fingerprint density at radius 2 is 1.75 bits per heavy atom. The van der Waals surface area contributed by atoms with Crippen LogP contribution in [0.4, 0.5) is 10.6 Å². The van der Waals surface area contributed by atoms with Gasteiger partial charge in [0, 0.05) is 38.9 Å². The molecular formula is C16H19N5O3. The van der Waals surface area contributed by atoms with E-state index >= 15 is 0 Å². The first-order chi connectivity index (χ1) is 11.6. The summed E-state index contributed by atoms with van der Waals surface area (Å²) in [6.45, 7) is 6.54. The molecule has 24 heavy (non-hydrogen) atoms. The number of hydrogen-bond donors (Lipinski definition) is 0. The summed E-state index contributed by atoms with van der Waals surface area (Å²) in [5.41, 5.74) is 0. The van der Waals surface area contributed by atoms with Crippen molar-refractivity contribution in [1.29, 1.82) is 0 Å². The normalized spacial score (nSPS) is 19.3. The molecule has 0 aromatic carbocycles. The van der Waals surface area contributed by atoms with Crippen LogP contribution in [0.3, 0.4) is 0 Å². The van der Waals surface area contributed by atoms with Gasteiger partial charge in [-0.3, -0.25) is 19.4 Å². The topological polar surface area (TPSA) is 77.1 Å². The van der Waals surface area contributed by atoms with E-state index in [4.69, 9.17) is 0 Å². The molecule has 3 rings (SSSR count). The van der Waals surface area contributed by atoms with Gasteiger partial charge in [0.05, 0.1) is 6.67 Å². The molecule has 0 unspecified atom stereocenters. The van der Waals surface area contributed by atoms with Gasteiger partial charge in [-0.2, -0.15) is 0 Å². The minimum atomic E-state index is -0.785. The molecule has 8 heteroatoms. The smallest absolute Gasteiger partial charge is 0.335 e. The molecule has 2 fully saturated rings. The minimum Gasteiger partial charge on any atom is -0.354 e. The number of anilines is 1. The van der Waals surface area contributed by atoms with E-state index in [1.165, 1.54) is 6.08 Å². The number of amides is 4. The van der Waals surface area contributed by atoms with Crippen molar-refractivity contribution < 1.29 is 14.4 Å². The van der Waals surface area contributed by atoms with Gasteiger partial charge in [0.15, 0.2) is 0 Å². The lowest BCUT2D eigenvalue weighted by molar-refractivity contribution is -0.143. The lowest BCUT2D eigenvalue weighted by Gasteiger charge is -2.36. The van der Waals surface area contributed by atoms with Crippen molar-refractivity contribution in [2.45, 2.75) is 0 Å². The maximum Gasteiger partial charge on any atom is 0.335 e. The number of aromatic nitrogens is 1. The summed E-state index contributed by atoms with van der Waals surface area (Å²) in [6, 6.07) is 5.19. The summed E-state index contributed by atoms with van der Waals surface area (Å²) in [6.07, 6.45) is 3.18. The number of hydrogen-bond acceptors (Lipinski definition) is 6. The predicted molar refractivity (Wildman–Crippen MR) is 87.0 cm³/mol. The highest BCUT2D eigenvalue weighted by molar-refractivity contribution is 6.44. The van der Waals surface area contributed by atoms with Gasteiger partial charge in [0.2, 0.25) is 0 Å². The number of carbonyl (C=O) groups excluding carboxylic acids is 3. The van der Waals surface area contributed by atoms with Gasteiger partial charge in [-0.1, -0.05) is 12.1 Å². The first-order valence-corrected chi connectivity index (χ1v) is 7.78. The molecule has 8 nitrogen and oxygen atoms in total. The monoisotopic (exact) mass is 329 g/mol. The highest BCUT2D eigenvalue weighted by Gasteiger charge is 2.44. The highest BCUT2D eigenvalue weighted by atomic mass is 16.2. The number of urea groups is 1. The zero-order valence-electron chi connectivity index (χ0n) is 13.3. The third-order valence-corrected chi connectivity index (χ3v) is 4.13. The molecule has 0 atom stereocenters. The third kappa shape index (κ3) is 3.00. The second-order valence-electron chi connectivity index (χ2n) is 5.65. The Bertz CT molecular complexity index is 655. The Balaban J connectivity index is 1.58. The van der Waals surface area contributed by atoms with E-state index in [2.05, 4.69) is 16.5 Å². The fraction of sp³-hybridized carbons (Fsp3) is 0.375. The average Bonchev–Trinajstić information content (AvgIpc) is 2.81. The SMILES string of the molecule is C=CCN1C(=O)C(=O)N(CN2CCN(c3ccccn3)CC2)C1=O. The van der Waals surface area contributed by atoms with E-state index in [0.717, 1.165) is 28.7 Å². The molecule has 1 aromatic rings. The van der Waals surface area contributed by atoms with Crippen LogP contribution in [0.5, 0.6) is 0 Å². The van der Waals surface area contributed by atoms with Crippen LogP contribution in [0.2, 0.25) is 0 Å². The van der Waals surface area contributed by atoms with Crippen molar-refractivity contribution in [3.63, 3.8) is 0 Å². The molecule has 1 aromatic heterocycles. The minimum absolute atomic E-state index is 0.0490. The van der Waals surface area contributed by atoms with E-state index < -0.39 is 17.8 Å². The van der Waals surface area contributed by atoms with Gasteiger partial charge >= 0.3 is 17.8 Å². The van der Waals surface area contributed by atoms with Crippen molar-refractivity contribution in [2.75, 3.05) is 44.3 Å². The Hall–Kier alpha value is -2.74. The zero-order valence-corrected chi connectivity index (χ0v) is 13.3. The molecule has 2 saturated heterocycles. The van der Waals surface area contributed by atoms with Gasteiger partial charge in [0.25, 0.3) is 0 Å². The first kappa shape index (κ1) is 16.1. The summed E-state index contributed by atoms with van der Waals surface area (Å²) in [7, 11) is 0. The second-order valence-corrected chi connectivity index (χ2v) is 5.65. The van der Waals surface area contributed by atoms with E-state index in [1.807, 2.05) is 23.1 Å². The van der Waals surface area contributed by atoms with E-state index in [1.54, 1.807) is 6.20 Å². The predicted octanol–water partition coefficient (Wildman–Crippen LogP) is 0.138. The fourth-order valence-corrected chi connectivity index (χ4v) is 2.82. The van der Waals surface area contributed by atoms with Gasteiger partial charge in [-0.25, -0.2) is 14.7 Å². The maximum absolute atomic E-state index is 12.2. The summed E-state index contributed by atoms with van der Waals surface area (Å²) in [5, 5.41) is 0. The zero-order chi connectivity index (χ0) is 17.1. The number of carbonyl (C=O) groups is 3. The van der Waals surface area contributed by atoms with Crippen LogP contribution in [0, 0.1) is 0 Å². The molecule has 2 aliphatic heterocycles. The van der Waals surface area contributed by atoms with Crippen LogP contribution < -0.4 is 4.90 Å². The van der Waals surface area contributed by atoms with Crippen molar-refractivity contribution >= 4 is 23.7 Å². The number of pyridine rings is 1. The molecule has 2 aliphatic rings.